The highest BCUT2D eigenvalue weighted by Gasteiger charge is 2.03. The van der Waals surface area contributed by atoms with Crippen LogP contribution in [0.4, 0.5) is 0 Å². The normalized spacial score (nSPS) is 12.7. The van der Waals surface area contributed by atoms with Crippen molar-refractivity contribution >= 4 is 23.4 Å². The van der Waals surface area contributed by atoms with Gasteiger partial charge in [-0.1, -0.05) is 24.6 Å². The largest absolute Gasteiger partial charge is 0.380 e. The minimum absolute atomic E-state index is 0.0792. The molecule has 16 heavy (non-hydrogen) atoms. The fraction of sp³-hybridized carbons (Fsp3) is 0.500. The monoisotopic (exact) mass is 259 g/mol. The van der Waals surface area contributed by atoms with E-state index in [0.29, 0.717) is 6.61 Å². The van der Waals surface area contributed by atoms with Gasteiger partial charge in [-0.3, -0.25) is 0 Å². The molecule has 2 nitrogen and oxygen atoms in total. The molecule has 1 aromatic rings. The lowest BCUT2D eigenvalue weighted by Gasteiger charge is -2.11. The Kier molecular flexibility index (Phi) is 6.88. The molecule has 0 bridgehead atoms. The Morgan fingerprint density at radius 2 is 2.31 bits per heavy atom. The Morgan fingerprint density at radius 1 is 1.50 bits per heavy atom. The van der Waals surface area contributed by atoms with Crippen LogP contribution in [0, 0.1) is 0 Å². The first kappa shape index (κ1) is 13.8. The molecule has 4 heteroatoms. The second-order valence-electron chi connectivity index (χ2n) is 3.60. The zero-order valence-electron chi connectivity index (χ0n) is 9.49. The molecule has 1 aromatic carbocycles. The molecule has 1 unspecified atom stereocenters. The molecular weight excluding hydrogens is 242 g/mol. The van der Waals surface area contributed by atoms with Gasteiger partial charge in [0.1, 0.15) is 0 Å². The minimum Gasteiger partial charge on any atom is -0.380 e. The van der Waals surface area contributed by atoms with E-state index in [4.69, 9.17) is 22.1 Å². The van der Waals surface area contributed by atoms with Gasteiger partial charge in [0, 0.05) is 28.3 Å². The average molecular weight is 260 g/mol. The summed E-state index contributed by atoms with van der Waals surface area (Å²) in [4.78, 5) is 1.15. The molecule has 0 fully saturated rings. The lowest BCUT2D eigenvalue weighted by atomic mass is 10.4. The summed E-state index contributed by atoms with van der Waals surface area (Å²) in [7, 11) is 0. The van der Waals surface area contributed by atoms with Crippen LogP contribution in [-0.4, -0.2) is 25.0 Å². The second-order valence-corrected chi connectivity index (χ2v) is 5.13. The van der Waals surface area contributed by atoms with Crippen molar-refractivity contribution in [1.82, 2.24) is 0 Å². The van der Waals surface area contributed by atoms with E-state index < -0.39 is 0 Å². The molecule has 0 saturated heterocycles. The summed E-state index contributed by atoms with van der Waals surface area (Å²) in [6, 6.07) is 7.89. The van der Waals surface area contributed by atoms with Gasteiger partial charge >= 0.3 is 0 Å². The standard InChI is InChI=1S/C12H18ClNOS/c1-2-6-15-8-11(14)9-16-12-5-3-4-10(13)7-12/h3-5,7,11H,2,6,8-9,14H2,1H3. The Morgan fingerprint density at radius 3 is 3.00 bits per heavy atom. The summed E-state index contributed by atoms with van der Waals surface area (Å²) in [5, 5.41) is 0.765. The number of rotatable bonds is 7. The SMILES string of the molecule is CCCOCC(N)CSc1cccc(Cl)c1. The van der Waals surface area contributed by atoms with Crippen LogP contribution in [0.5, 0.6) is 0 Å². The van der Waals surface area contributed by atoms with Crippen molar-refractivity contribution in [3.63, 3.8) is 0 Å². The van der Waals surface area contributed by atoms with E-state index in [1.165, 1.54) is 0 Å². The van der Waals surface area contributed by atoms with Gasteiger partial charge in [0.2, 0.25) is 0 Å². The molecule has 0 aliphatic heterocycles. The first-order chi connectivity index (χ1) is 7.72. The molecule has 1 atom stereocenters. The Labute approximate surface area is 107 Å². The van der Waals surface area contributed by atoms with Gasteiger partial charge in [-0.15, -0.1) is 11.8 Å². The fourth-order valence-corrected chi connectivity index (χ4v) is 2.33. The summed E-state index contributed by atoms with van der Waals surface area (Å²) in [6.45, 7) is 3.50. The maximum absolute atomic E-state index is 5.92. The van der Waals surface area contributed by atoms with Gasteiger partial charge in [0.15, 0.2) is 0 Å². The summed E-state index contributed by atoms with van der Waals surface area (Å²) in [6.07, 6.45) is 1.04. The highest BCUT2D eigenvalue weighted by atomic mass is 35.5. The third-order valence-electron chi connectivity index (χ3n) is 1.94. The van der Waals surface area contributed by atoms with Gasteiger partial charge < -0.3 is 10.5 Å². The van der Waals surface area contributed by atoms with Crippen LogP contribution in [0.15, 0.2) is 29.2 Å². The van der Waals surface area contributed by atoms with Crippen LogP contribution in [-0.2, 0) is 4.74 Å². The zero-order valence-corrected chi connectivity index (χ0v) is 11.1. The molecule has 0 heterocycles. The van der Waals surface area contributed by atoms with Crippen molar-refractivity contribution in [2.75, 3.05) is 19.0 Å². The number of hydrogen-bond acceptors (Lipinski definition) is 3. The van der Waals surface area contributed by atoms with Crippen LogP contribution >= 0.6 is 23.4 Å². The summed E-state index contributed by atoms with van der Waals surface area (Å²) in [5.74, 6) is 0.851. The summed E-state index contributed by atoms with van der Waals surface area (Å²) >= 11 is 7.60. The van der Waals surface area contributed by atoms with Gasteiger partial charge in [0.05, 0.1) is 6.61 Å². The predicted octanol–water partition coefficient (Wildman–Crippen LogP) is 3.19. The molecule has 1 rings (SSSR count). The van der Waals surface area contributed by atoms with Gasteiger partial charge in [0.25, 0.3) is 0 Å². The van der Waals surface area contributed by atoms with Crippen molar-refractivity contribution in [2.24, 2.45) is 5.73 Å². The van der Waals surface area contributed by atoms with Crippen molar-refractivity contribution in [3.05, 3.63) is 29.3 Å². The highest BCUT2D eigenvalue weighted by molar-refractivity contribution is 7.99. The fourth-order valence-electron chi connectivity index (χ4n) is 1.19. The number of benzene rings is 1. The Bertz CT molecular complexity index is 309. The van der Waals surface area contributed by atoms with Crippen molar-refractivity contribution in [2.45, 2.75) is 24.3 Å². The van der Waals surface area contributed by atoms with Gasteiger partial charge in [-0.05, 0) is 24.6 Å². The number of hydrogen-bond donors (Lipinski definition) is 1. The van der Waals surface area contributed by atoms with Gasteiger partial charge in [-0.25, -0.2) is 0 Å². The lowest BCUT2D eigenvalue weighted by Crippen LogP contribution is -2.28. The number of halogens is 1. The molecule has 0 amide bonds. The molecule has 0 aromatic heterocycles. The van der Waals surface area contributed by atoms with E-state index in [9.17, 15) is 0 Å². The van der Waals surface area contributed by atoms with Crippen LogP contribution in [0.2, 0.25) is 5.02 Å². The molecule has 0 radical (unpaired) electrons. The highest BCUT2D eigenvalue weighted by Crippen LogP contribution is 2.21. The van der Waals surface area contributed by atoms with Gasteiger partial charge in [-0.2, -0.15) is 0 Å². The van der Waals surface area contributed by atoms with Crippen LogP contribution in [0.1, 0.15) is 13.3 Å². The predicted molar refractivity (Wildman–Crippen MR) is 71.3 cm³/mol. The first-order valence-electron chi connectivity index (χ1n) is 5.44. The average Bonchev–Trinajstić information content (AvgIpc) is 2.27. The van der Waals surface area contributed by atoms with Crippen molar-refractivity contribution in [3.8, 4) is 0 Å². The smallest absolute Gasteiger partial charge is 0.0625 e. The number of thioether (sulfide) groups is 1. The van der Waals surface area contributed by atoms with Crippen LogP contribution in [0.25, 0.3) is 0 Å². The van der Waals surface area contributed by atoms with E-state index >= 15 is 0 Å². The number of nitrogens with two attached hydrogens (primary N) is 1. The quantitative estimate of drug-likeness (QED) is 0.603. The third-order valence-corrected chi connectivity index (χ3v) is 3.36. The maximum Gasteiger partial charge on any atom is 0.0625 e. The number of ether oxygens (including phenoxy) is 1. The third kappa shape index (κ3) is 5.75. The minimum atomic E-state index is 0.0792. The molecule has 90 valence electrons. The molecule has 2 N–H and O–H groups in total. The summed E-state index contributed by atoms with van der Waals surface area (Å²) < 4.78 is 5.39. The lowest BCUT2D eigenvalue weighted by molar-refractivity contribution is 0.126. The first-order valence-corrected chi connectivity index (χ1v) is 6.80. The molecule has 0 aliphatic carbocycles. The van der Waals surface area contributed by atoms with E-state index in [1.54, 1.807) is 11.8 Å². The topological polar surface area (TPSA) is 35.2 Å². The molecule has 0 aliphatic rings. The molecule has 0 spiro atoms. The second kappa shape index (κ2) is 7.96. The van der Waals surface area contributed by atoms with Crippen LogP contribution < -0.4 is 5.73 Å². The van der Waals surface area contributed by atoms with Crippen molar-refractivity contribution < 1.29 is 4.74 Å². The molecule has 0 saturated carbocycles. The Hall–Kier alpha value is -0.220. The van der Waals surface area contributed by atoms with E-state index in [2.05, 4.69) is 6.92 Å². The zero-order chi connectivity index (χ0) is 11.8. The van der Waals surface area contributed by atoms with E-state index in [1.807, 2.05) is 24.3 Å². The molecular formula is C12H18ClNOS. The van der Waals surface area contributed by atoms with E-state index in [-0.39, 0.29) is 6.04 Å². The summed E-state index contributed by atoms with van der Waals surface area (Å²) in [5.41, 5.74) is 5.92. The Balaban J connectivity index is 2.23. The van der Waals surface area contributed by atoms with Crippen LogP contribution in [0.3, 0.4) is 0 Å². The van der Waals surface area contributed by atoms with E-state index in [0.717, 1.165) is 28.7 Å². The van der Waals surface area contributed by atoms with Crippen molar-refractivity contribution in [1.29, 1.82) is 0 Å². The maximum atomic E-state index is 5.92.